The van der Waals surface area contributed by atoms with E-state index in [1.54, 1.807) is 9.80 Å². The standard InChI is InChI=1S/C9H12Cl2N2O2/c10-8(11)9(15)13-5-4-12-6(13)2-1-3-7(12)14/h6,8H,1-5H2. The van der Waals surface area contributed by atoms with E-state index in [1.165, 1.54) is 0 Å². The van der Waals surface area contributed by atoms with Gasteiger partial charge in [-0.3, -0.25) is 9.59 Å². The summed E-state index contributed by atoms with van der Waals surface area (Å²) in [6.07, 6.45) is 2.14. The number of amides is 2. The molecule has 0 aromatic heterocycles. The molecule has 0 saturated carbocycles. The van der Waals surface area contributed by atoms with Crippen molar-refractivity contribution in [1.82, 2.24) is 9.80 Å². The third kappa shape index (κ3) is 1.93. The second-order valence-electron chi connectivity index (χ2n) is 3.79. The molecule has 2 amide bonds. The Hall–Kier alpha value is -0.480. The van der Waals surface area contributed by atoms with Crippen molar-refractivity contribution in [2.75, 3.05) is 13.1 Å². The Morgan fingerprint density at radius 3 is 2.80 bits per heavy atom. The van der Waals surface area contributed by atoms with Gasteiger partial charge in [0.15, 0.2) is 4.84 Å². The van der Waals surface area contributed by atoms with Gasteiger partial charge in [0.05, 0.1) is 0 Å². The van der Waals surface area contributed by atoms with Crippen LogP contribution in [0.5, 0.6) is 0 Å². The van der Waals surface area contributed by atoms with Crippen molar-refractivity contribution in [3.05, 3.63) is 0 Å². The molecule has 2 rings (SSSR count). The zero-order valence-corrected chi connectivity index (χ0v) is 9.67. The SMILES string of the molecule is O=C1CCCC2N1CCN2C(=O)C(Cl)Cl. The number of fused-ring (bicyclic) bond motifs is 1. The molecule has 0 aliphatic carbocycles. The summed E-state index contributed by atoms with van der Waals surface area (Å²) < 4.78 is 0. The van der Waals surface area contributed by atoms with Crippen molar-refractivity contribution in [1.29, 1.82) is 0 Å². The Labute approximate surface area is 98.1 Å². The number of carbonyl (C=O) groups excluding carboxylic acids is 2. The molecule has 1 atom stereocenters. The Morgan fingerprint density at radius 2 is 2.13 bits per heavy atom. The summed E-state index contributed by atoms with van der Waals surface area (Å²) in [5.41, 5.74) is 0. The van der Waals surface area contributed by atoms with Crippen LogP contribution in [0.4, 0.5) is 0 Å². The van der Waals surface area contributed by atoms with Crippen LogP contribution in [0, 0.1) is 0 Å². The van der Waals surface area contributed by atoms with E-state index < -0.39 is 4.84 Å². The highest BCUT2D eigenvalue weighted by atomic mass is 35.5. The first-order valence-electron chi connectivity index (χ1n) is 4.99. The molecule has 2 heterocycles. The second-order valence-corrected chi connectivity index (χ2v) is 4.89. The van der Waals surface area contributed by atoms with Crippen LogP contribution in [0.1, 0.15) is 19.3 Å². The molecule has 0 N–H and O–H groups in total. The summed E-state index contributed by atoms with van der Waals surface area (Å²) in [4.78, 5) is 25.5. The third-order valence-corrected chi connectivity index (χ3v) is 3.32. The number of carbonyl (C=O) groups is 2. The Bertz CT molecular complexity index is 296. The topological polar surface area (TPSA) is 40.6 Å². The first-order chi connectivity index (χ1) is 7.11. The van der Waals surface area contributed by atoms with Crippen molar-refractivity contribution >= 4 is 35.0 Å². The van der Waals surface area contributed by atoms with Crippen LogP contribution in [-0.4, -0.2) is 45.7 Å². The van der Waals surface area contributed by atoms with Gasteiger partial charge in [-0.1, -0.05) is 23.2 Å². The lowest BCUT2D eigenvalue weighted by Gasteiger charge is -2.33. The molecule has 0 radical (unpaired) electrons. The highest BCUT2D eigenvalue weighted by Crippen LogP contribution is 2.27. The zero-order valence-electron chi connectivity index (χ0n) is 8.16. The van der Waals surface area contributed by atoms with Crippen molar-refractivity contribution in [2.45, 2.75) is 30.3 Å². The van der Waals surface area contributed by atoms with Gasteiger partial charge in [-0.15, -0.1) is 0 Å². The number of rotatable bonds is 1. The molecule has 6 heteroatoms. The van der Waals surface area contributed by atoms with Gasteiger partial charge in [0.1, 0.15) is 6.17 Å². The van der Waals surface area contributed by atoms with E-state index in [9.17, 15) is 9.59 Å². The molecule has 1 unspecified atom stereocenters. The first kappa shape index (κ1) is 11.0. The fourth-order valence-electron chi connectivity index (χ4n) is 2.25. The van der Waals surface area contributed by atoms with Crippen molar-refractivity contribution in [3.8, 4) is 0 Å². The van der Waals surface area contributed by atoms with Gasteiger partial charge >= 0.3 is 0 Å². The monoisotopic (exact) mass is 250 g/mol. The highest BCUT2D eigenvalue weighted by molar-refractivity contribution is 6.53. The average molecular weight is 251 g/mol. The van der Waals surface area contributed by atoms with Gasteiger partial charge in [-0.05, 0) is 12.8 Å². The van der Waals surface area contributed by atoms with Crippen LogP contribution in [0.2, 0.25) is 0 Å². The van der Waals surface area contributed by atoms with Gasteiger partial charge in [-0.2, -0.15) is 0 Å². The van der Waals surface area contributed by atoms with Gasteiger partial charge < -0.3 is 9.80 Å². The maximum Gasteiger partial charge on any atom is 0.257 e. The van der Waals surface area contributed by atoms with E-state index in [-0.39, 0.29) is 18.0 Å². The minimum Gasteiger partial charge on any atom is -0.320 e. The van der Waals surface area contributed by atoms with E-state index in [2.05, 4.69) is 0 Å². The number of piperidine rings is 1. The number of hydrogen-bond acceptors (Lipinski definition) is 2. The summed E-state index contributed by atoms with van der Waals surface area (Å²) in [5, 5.41) is 0. The molecular formula is C9H12Cl2N2O2. The fourth-order valence-corrected chi connectivity index (χ4v) is 2.50. The lowest BCUT2D eigenvalue weighted by molar-refractivity contribution is -0.140. The van der Waals surface area contributed by atoms with E-state index >= 15 is 0 Å². The number of alkyl halides is 2. The Morgan fingerprint density at radius 1 is 1.40 bits per heavy atom. The van der Waals surface area contributed by atoms with Crippen molar-refractivity contribution in [3.63, 3.8) is 0 Å². The quantitative estimate of drug-likeness (QED) is 0.651. The van der Waals surface area contributed by atoms with E-state index in [0.717, 1.165) is 12.8 Å². The van der Waals surface area contributed by atoms with Gasteiger partial charge in [0.2, 0.25) is 5.91 Å². The molecule has 2 aliphatic heterocycles. The predicted molar refractivity (Wildman–Crippen MR) is 56.6 cm³/mol. The Balaban J connectivity index is 2.11. The molecule has 2 fully saturated rings. The minimum absolute atomic E-state index is 0.112. The molecule has 0 bridgehead atoms. The van der Waals surface area contributed by atoms with Crippen LogP contribution in [0.15, 0.2) is 0 Å². The lowest BCUT2D eigenvalue weighted by atomic mass is 10.1. The van der Waals surface area contributed by atoms with E-state index in [1.807, 2.05) is 0 Å². The average Bonchev–Trinajstić information content (AvgIpc) is 2.61. The molecule has 2 aliphatic rings. The molecule has 0 aromatic rings. The fraction of sp³-hybridized carbons (Fsp3) is 0.778. The molecule has 0 aromatic carbocycles. The summed E-state index contributed by atoms with van der Waals surface area (Å²) >= 11 is 11.1. The first-order valence-corrected chi connectivity index (χ1v) is 5.86. The minimum atomic E-state index is -1.03. The zero-order chi connectivity index (χ0) is 11.0. The van der Waals surface area contributed by atoms with Crippen LogP contribution >= 0.6 is 23.2 Å². The van der Waals surface area contributed by atoms with Crippen LogP contribution in [0.25, 0.3) is 0 Å². The number of hydrogen-bond donors (Lipinski definition) is 0. The maximum atomic E-state index is 11.6. The number of nitrogens with zero attached hydrogens (tertiary/aromatic N) is 2. The van der Waals surface area contributed by atoms with E-state index in [0.29, 0.717) is 19.5 Å². The molecular weight excluding hydrogens is 239 g/mol. The van der Waals surface area contributed by atoms with Crippen molar-refractivity contribution < 1.29 is 9.59 Å². The van der Waals surface area contributed by atoms with Crippen LogP contribution in [0.3, 0.4) is 0 Å². The summed E-state index contributed by atoms with van der Waals surface area (Å²) in [6, 6.07) is 0. The molecule has 84 valence electrons. The van der Waals surface area contributed by atoms with Crippen LogP contribution in [-0.2, 0) is 9.59 Å². The van der Waals surface area contributed by atoms with Crippen LogP contribution < -0.4 is 0 Å². The third-order valence-electron chi connectivity index (χ3n) is 2.94. The lowest BCUT2D eigenvalue weighted by Crippen LogP contribution is -2.48. The van der Waals surface area contributed by atoms with Gasteiger partial charge in [-0.25, -0.2) is 0 Å². The van der Waals surface area contributed by atoms with Crippen molar-refractivity contribution in [2.24, 2.45) is 0 Å². The second kappa shape index (κ2) is 4.18. The predicted octanol–water partition coefficient (Wildman–Crippen LogP) is 0.971. The molecule has 2 saturated heterocycles. The smallest absolute Gasteiger partial charge is 0.257 e. The van der Waals surface area contributed by atoms with Gasteiger partial charge in [0.25, 0.3) is 5.91 Å². The normalized spacial score (nSPS) is 26.1. The molecule has 4 nitrogen and oxygen atoms in total. The largest absolute Gasteiger partial charge is 0.320 e. The maximum absolute atomic E-state index is 11.6. The Kier molecular flexibility index (Phi) is 3.07. The molecule has 0 spiro atoms. The summed E-state index contributed by atoms with van der Waals surface area (Å²) in [7, 11) is 0. The molecule has 15 heavy (non-hydrogen) atoms. The summed E-state index contributed by atoms with van der Waals surface area (Å²) in [6.45, 7) is 1.15. The van der Waals surface area contributed by atoms with E-state index in [4.69, 9.17) is 23.2 Å². The summed E-state index contributed by atoms with van der Waals surface area (Å²) in [5.74, 6) is -0.164. The number of halogens is 2. The highest BCUT2D eigenvalue weighted by Gasteiger charge is 2.40. The van der Waals surface area contributed by atoms with Gasteiger partial charge in [0, 0.05) is 19.5 Å².